The zero-order valence-corrected chi connectivity index (χ0v) is 16.5. The lowest BCUT2D eigenvalue weighted by Gasteiger charge is -2.40. The van der Waals surface area contributed by atoms with Crippen LogP contribution in [0.2, 0.25) is 0 Å². The number of rotatable bonds is 2. The van der Waals surface area contributed by atoms with Crippen LogP contribution in [-0.2, 0) is 11.2 Å². The van der Waals surface area contributed by atoms with Gasteiger partial charge < -0.3 is 50.3 Å². The molecule has 2 aromatic carbocycles. The van der Waals surface area contributed by atoms with E-state index in [1.807, 2.05) is 0 Å². The Hall–Kier alpha value is -3.09. The number of hydrogen-bond donors (Lipinski definition) is 8. The second kappa shape index (κ2) is 8.11. The van der Waals surface area contributed by atoms with Crippen LogP contribution in [0.4, 0.5) is 0 Å². The minimum Gasteiger partial charge on any atom is -0.507 e. The highest BCUT2D eigenvalue weighted by atomic mass is 16.5. The number of aromatic hydroxyl groups is 4. The zero-order chi connectivity index (χ0) is 23.3. The minimum absolute atomic E-state index is 0.0911. The Morgan fingerprint density at radius 1 is 0.844 bits per heavy atom. The zero-order valence-electron chi connectivity index (χ0n) is 16.5. The normalized spacial score (nSPS) is 27.6. The van der Waals surface area contributed by atoms with Crippen LogP contribution in [-0.4, -0.2) is 77.7 Å². The van der Waals surface area contributed by atoms with Crippen molar-refractivity contribution >= 4 is 5.78 Å². The monoisotopic (exact) mass is 450 g/mol. The number of phenols is 4. The fourth-order valence-corrected chi connectivity index (χ4v) is 4.00. The summed E-state index contributed by atoms with van der Waals surface area (Å²) in [6.07, 6.45) is -8.10. The van der Waals surface area contributed by atoms with Gasteiger partial charge in [-0.3, -0.25) is 4.79 Å². The second-order valence-corrected chi connectivity index (χ2v) is 7.75. The van der Waals surface area contributed by atoms with Crippen LogP contribution < -0.4 is 4.74 Å². The van der Waals surface area contributed by atoms with Crippen molar-refractivity contribution in [2.75, 3.05) is 6.61 Å². The van der Waals surface area contributed by atoms with Crippen molar-refractivity contribution in [3.63, 3.8) is 0 Å². The van der Waals surface area contributed by atoms with Crippen LogP contribution in [0.5, 0.6) is 34.5 Å². The first-order valence-electron chi connectivity index (χ1n) is 9.79. The third kappa shape index (κ3) is 3.49. The van der Waals surface area contributed by atoms with E-state index in [-0.39, 0.29) is 29.9 Å². The molecule has 0 spiro atoms. The Kier molecular flexibility index (Phi) is 5.61. The molecule has 172 valence electrons. The molecule has 1 saturated heterocycles. The molecule has 11 nitrogen and oxygen atoms in total. The molecule has 0 aromatic heterocycles. The van der Waals surface area contributed by atoms with E-state index in [1.54, 1.807) is 0 Å². The number of Topliss-reactive ketones (excluding diaryl/α,β-unsaturated/α-hetero) is 1. The Morgan fingerprint density at radius 3 is 2.19 bits per heavy atom. The molecule has 2 aliphatic rings. The van der Waals surface area contributed by atoms with Crippen molar-refractivity contribution < 1.29 is 55.1 Å². The SMILES string of the molecule is O=C1CCc2cc(O)c(O)cc2Oc2cc(O)c([C@@H]3O[C@H](CO)[C@@H](O)[C@H](O)[C@H]3O)c(O)c21. The number of ketones is 1. The predicted molar refractivity (Wildman–Crippen MR) is 105 cm³/mol. The summed E-state index contributed by atoms with van der Waals surface area (Å²) in [6.45, 7) is -0.719. The van der Waals surface area contributed by atoms with Gasteiger partial charge in [-0.15, -0.1) is 0 Å². The Labute approximate surface area is 181 Å². The number of aliphatic hydroxyl groups is 4. The summed E-state index contributed by atoms with van der Waals surface area (Å²) in [6, 6.07) is 3.37. The van der Waals surface area contributed by atoms with Gasteiger partial charge in [-0.05, 0) is 18.1 Å². The van der Waals surface area contributed by atoms with E-state index in [9.17, 15) is 45.6 Å². The number of ether oxygens (including phenoxy) is 2. The van der Waals surface area contributed by atoms with Gasteiger partial charge in [0, 0.05) is 18.6 Å². The van der Waals surface area contributed by atoms with Gasteiger partial charge in [0.05, 0.1) is 12.2 Å². The number of carbonyl (C=O) groups excluding carboxylic acids is 1. The van der Waals surface area contributed by atoms with Crippen LogP contribution >= 0.6 is 0 Å². The van der Waals surface area contributed by atoms with Crippen LogP contribution in [0.3, 0.4) is 0 Å². The van der Waals surface area contributed by atoms with Crippen LogP contribution in [0.25, 0.3) is 0 Å². The summed E-state index contributed by atoms with van der Waals surface area (Å²) < 4.78 is 11.1. The second-order valence-electron chi connectivity index (χ2n) is 7.75. The maximum Gasteiger partial charge on any atom is 0.170 e. The van der Waals surface area contributed by atoms with E-state index in [4.69, 9.17) is 9.47 Å². The van der Waals surface area contributed by atoms with E-state index >= 15 is 0 Å². The molecule has 0 saturated carbocycles. The third-order valence-electron chi connectivity index (χ3n) is 5.74. The lowest BCUT2D eigenvalue weighted by molar-refractivity contribution is -0.232. The number of hydrogen-bond acceptors (Lipinski definition) is 11. The molecule has 32 heavy (non-hydrogen) atoms. The molecule has 1 fully saturated rings. The molecule has 2 aromatic rings. The first kappa shape index (κ1) is 22.1. The summed E-state index contributed by atoms with van der Waals surface area (Å²) in [5.41, 5.74) is -0.337. The molecule has 0 radical (unpaired) electrons. The van der Waals surface area contributed by atoms with E-state index in [2.05, 4.69) is 0 Å². The molecular formula is C21H22O11. The molecular weight excluding hydrogens is 428 g/mol. The van der Waals surface area contributed by atoms with Crippen LogP contribution in [0.15, 0.2) is 18.2 Å². The maximum absolute atomic E-state index is 12.8. The summed E-state index contributed by atoms with van der Waals surface area (Å²) in [5, 5.41) is 80.7. The van der Waals surface area contributed by atoms with Crippen molar-refractivity contribution in [2.45, 2.75) is 43.4 Å². The fourth-order valence-electron chi connectivity index (χ4n) is 4.00. The molecule has 2 aliphatic heterocycles. The molecule has 2 heterocycles. The van der Waals surface area contributed by atoms with Crippen molar-refractivity contribution in [3.8, 4) is 34.5 Å². The van der Waals surface area contributed by atoms with E-state index < -0.39 is 71.5 Å². The molecule has 8 N–H and O–H groups in total. The highest BCUT2D eigenvalue weighted by Gasteiger charge is 2.46. The fraction of sp³-hybridized carbons (Fsp3) is 0.381. The van der Waals surface area contributed by atoms with E-state index in [1.165, 1.54) is 6.07 Å². The highest BCUT2D eigenvalue weighted by molar-refractivity contribution is 6.02. The predicted octanol–water partition coefficient (Wildman–Crippen LogP) is -0.0549. The molecule has 5 atom stereocenters. The lowest BCUT2D eigenvalue weighted by atomic mass is 9.88. The van der Waals surface area contributed by atoms with Crippen LogP contribution in [0, 0.1) is 0 Å². The summed E-state index contributed by atoms with van der Waals surface area (Å²) >= 11 is 0. The first-order valence-corrected chi connectivity index (χ1v) is 9.79. The smallest absolute Gasteiger partial charge is 0.170 e. The average molecular weight is 450 g/mol. The first-order chi connectivity index (χ1) is 15.1. The number of benzene rings is 2. The molecule has 11 heteroatoms. The van der Waals surface area contributed by atoms with E-state index in [0.717, 1.165) is 12.1 Å². The minimum atomic E-state index is -1.80. The number of aliphatic hydroxyl groups excluding tert-OH is 4. The van der Waals surface area contributed by atoms with Gasteiger partial charge in [-0.25, -0.2) is 0 Å². The third-order valence-corrected chi connectivity index (χ3v) is 5.74. The lowest BCUT2D eigenvalue weighted by Crippen LogP contribution is -2.55. The maximum atomic E-state index is 12.8. The number of aryl methyl sites for hydroxylation is 1. The number of carbonyl (C=O) groups is 1. The number of fused-ring (bicyclic) bond motifs is 2. The van der Waals surface area contributed by atoms with Gasteiger partial charge >= 0.3 is 0 Å². The van der Waals surface area contributed by atoms with Crippen molar-refractivity contribution in [2.24, 2.45) is 0 Å². The quantitative estimate of drug-likeness (QED) is 0.285. The van der Waals surface area contributed by atoms with Gasteiger partial charge in [0.25, 0.3) is 0 Å². The van der Waals surface area contributed by atoms with Gasteiger partial charge in [-0.2, -0.15) is 0 Å². The Morgan fingerprint density at radius 2 is 1.50 bits per heavy atom. The van der Waals surface area contributed by atoms with Gasteiger partial charge in [0.15, 0.2) is 17.3 Å². The summed E-state index contributed by atoms with van der Waals surface area (Å²) in [7, 11) is 0. The summed E-state index contributed by atoms with van der Waals surface area (Å²) in [5.74, 6) is -3.02. The largest absolute Gasteiger partial charge is 0.507 e. The van der Waals surface area contributed by atoms with Gasteiger partial charge in [-0.1, -0.05) is 0 Å². The summed E-state index contributed by atoms with van der Waals surface area (Å²) in [4.78, 5) is 12.8. The highest BCUT2D eigenvalue weighted by Crippen LogP contribution is 2.49. The Balaban J connectivity index is 1.82. The number of phenolic OH excluding ortho intramolecular Hbond substituents is 4. The van der Waals surface area contributed by atoms with Crippen LogP contribution in [0.1, 0.15) is 34.0 Å². The van der Waals surface area contributed by atoms with Crippen molar-refractivity contribution in [1.29, 1.82) is 0 Å². The molecule has 0 aliphatic carbocycles. The van der Waals surface area contributed by atoms with Gasteiger partial charge in [0.2, 0.25) is 0 Å². The molecule has 0 bridgehead atoms. The Bertz CT molecular complexity index is 1060. The van der Waals surface area contributed by atoms with E-state index in [0.29, 0.717) is 5.56 Å². The molecule has 0 amide bonds. The molecule has 0 unspecified atom stereocenters. The topological polar surface area (TPSA) is 197 Å². The van der Waals surface area contributed by atoms with Gasteiger partial charge in [0.1, 0.15) is 59.1 Å². The van der Waals surface area contributed by atoms with Crippen molar-refractivity contribution in [3.05, 3.63) is 34.9 Å². The standard InChI is InChI=1S/C21H22O11/c22-6-14-17(27)19(29)20(30)21(32-14)16-11(26)5-13-15(18(16)28)8(23)2-1-7-3-9(24)10(25)4-12(7)31-13/h3-5,14,17,19-22,24-30H,1-2,6H2/t14-,17-,19+,20-,21+/m1/s1. The van der Waals surface area contributed by atoms with Crippen molar-refractivity contribution in [1.82, 2.24) is 0 Å². The average Bonchev–Trinajstić information content (AvgIpc) is 2.74. The molecule has 4 rings (SSSR count).